The Morgan fingerprint density at radius 2 is 1.39 bits per heavy atom. The van der Waals surface area contributed by atoms with E-state index in [-0.39, 0.29) is 55.6 Å². The van der Waals surface area contributed by atoms with E-state index in [0.717, 1.165) is 6.42 Å². The summed E-state index contributed by atoms with van der Waals surface area (Å²) in [5, 5.41) is 6.26. The van der Waals surface area contributed by atoms with Crippen molar-refractivity contribution < 1.29 is 47.8 Å². The van der Waals surface area contributed by atoms with Crippen LogP contribution in [0.3, 0.4) is 0 Å². The van der Waals surface area contributed by atoms with Gasteiger partial charge in [0.2, 0.25) is 5.91 Å². The second-order valence-corrected chi connectivity index (χ2v) is 12.9. The molecule has 3 atom stereocenters. The molecule has 2 aromatic rings. The molecule has 14 nitrogen and oxygen atoms in total. The average Bonchev–Trinajstić information content (AvgIpc) is 3.74. The normalized spacial score (nSPS) is 21.0. The van der Waals surface area contributed by atoms with E-state index in [9.17, 15) is 38.3 Å². The van der Waals surface area contributed by atoms with Gasteiger partial charge in [-0.25, -0.2) is 0 Å². The lowest BCUT2D eigenvalue weighted by molar-refractivity contribution is -0.141. The van der Waals surface area contributed by atoms with Gasteiger partial charge in [0.05, 0.1) is 33.1 Å². The smallest absolute Gasteiger partial charge is 0.356 e. The predicted molar refractivity (Wildman–Crippen MR) is 165 cm³/mol. The first-order valence-electron chi connectivity index (χ1n) is 14.9. The molecule has 15 heteroatoms. The van der Waals surface area contributed by atoms with E-state index in [0.29, 0.717) is 18.5 Å². The number of esters is 2. The number of carbonyl (C=O) groups excluding carboxylic acids is 5. The molecule has 0 radical (unpaired) electrons. The Hall–Kier alpha value is -4.10. The number of rotatable bonds is 12. The predicted octanol–water partition coefficient (Wildman–Crippen LogP) is 1.37. The van der Waals surface area contributed by atoms with Gasteiger partial charge in [0.25, 0.3) is 11.8 Å². The number of hydrogen-bond donors (Lipinski definition) is 5. The number of carbonyl (C=O) groups is 5. The van der Waals surface area contributed by atoms with Gasteiger partial charge in [-0.15, -0.1) is 0 Å². The summed E-state index contributed by atoms with van der Waals surface area (Å²) in [5.74, 6) is -3.17. The van der Waals surface area contributed by atoms with Crippen LogP contribution in [0.15, 0.2) is 48.5 Å². The van der Waals surface area contributed by atoms with Gasteiger partial charge < -0.3 is 40.1 Å². The minimum atomic E-state index is -5.17. The lowest BCUT2D eigenvalue weighted by Crippen LogP contribution is -2.52. The Morgan fingerprint density at radius 1 is 0.870 bits per heavy atom. The average molecular weight is 659 g/mol. The first-order valence-corrected chi connectivity index (χ1v) is 16.6. The first-order chi connectivity index (χ1) is 21.9. The van der Waals surface area contributed by atoms with Gasteiger partial charge in [-0.05, 0) is 61.2 Å². The number of benzene rings is 2. The van der Waals surface area contributed by atoms with E-state index >= 15 is 0 Å². The number of nitrogens with zero attached hydrogens (tertiary/aromatic N) is 1. The highest BCUT2D eigenvalue weighted by molar-refractivity contribution is 7.53. The van der Waals surface area contributed by atoms with Crippen LogP contribution in [0, 0.1) is 0 Å². The summed E-state index contributed by atoms with van der Waals surface area (Å²) in [6.45, 7) is 0.790. The summed E-state index contributed by atoms with van der Waals surface area (Å²) in [6, 6.07) is 11.4. The number of ether oxygens (including phenoxy) is 2. The zero-order valence-electron chi connectivity index (χ0n) is 25.7. The number of hydrogen-bond acceptors (Lipinski definition) is 9. The molecule has 3 amide bonds. The van der Waals surface area contributed by atoms with Crippen molar-refractivity contribution in [1.29, 1.82) is 0 Å². The van der Waals surface area contributed by atoms with Crippen LogP contribution in [-0.4, -0.2) is 90.8 Å². The second kappa shape index (κ2) is 15.0. The summed E-state index contributed by atoms with van der Waals surface area (Å²) >= 11 is 0. The van der Waals surface area contributed by atoms with Crippen LogP contribution in [0.4, 0.5) is 0 Å². The van der Waals surface area contributed by atoms with Crippen molar-refractivity contribution in [3.05, 3.63) is 70.8 Å². The number of nitrogens with one attached hydrogen (secondary N) is 3. The lowest BCUT2D eigenvalue weighted by atomic mass is 9.85. The number of likely N-dealkylation sites (tertiary alicyclic amines) is 1. The molecular weight excluding hydrogens is 619 g/mol. The van der Waals surface area contributed by atoms with E-state index in [1.54, 1.807) is 12.1 Å². The van der Waals surface area contributed by atoms with Crippen molar-refractivity contribution in [2.75, 3.05) is 40.4 Å². The van der Waals surface area contributed by atoms with Gasteiger partial charge >= 0.3 is 19.5 Å². The van der Waals surface area contributed by atoms with Gasteiger partial charge in [-0.2, -0.15) is 0 Å². The van der Waals surface area contributed by atoms with Crippen LogP contribution in [-0.2, 0) is 33.7 Å². The molecule has 0 unspecified atom stereocenters. The summed E-state index contributed by atoms with van der Waals surface area (Å²) < 4.78 is 22.9. The van der Waals surface area contributed by atoms with Crippen LogP contribution in [0.1, 0.15) is 69.9 Å². The molecule has 0 aliphatic carbocycles. The molecular formula is C31H39N4O10P. The van der Waals surface area contributed by atoms with E-state index in [4.69, 9.17) is 0 Å². The Morgan fingerprint density at radius 3 is 1.85 bits per heavy atom. The molecule has 0 bridgehead atoms. The molecule has 4 rings (SSSR count). The summed E-state index contributed by atoms with van der Waals surface area (Å²) in [4.78, 5) is 85.6. The molecule has 2 aliphatic heterocycles. The summed E-state index contributed by atoms with van der Waals surface area (Å²) in [6.07, 6.45) is 1.48. The highest BCUT2D eigenvalue weighted by Crippen LogP contribution is 2.68. The second-order valence-electron chi connectivity index (χ2n) is 11.1. The number of amides is 3. The maximum Gasteiger partial charge on any atom is 0.356 e. The van der Waals surface area contributed by atoms with Gasteiger partial charge in [-0.1, -0.05) is 24.3 Å². The zero-order chi connectivity index (χ0) is 33.5. The van der Waals surface area contributed by atoms with E-state index in [2.05, 4.69) is 25.4 Å². The molecule has 2 saturated heterocycles. The maximum atomic E-state index is 13.9. The highest BCUT2D eigenvalue weighted by Gasteiger charge is 2.63. The fourth-order valence-electron chi connectivity index (χ4n) is 6.16. The molecule has 5 N–H and O–H groups in total. The van der Waals surface area contributed by atoms with Crippen molar-refractivity contribution in [2.24, 2.45) is 0 Å². The maximum absolute atomic E-state index is 13.9. The topological polar surface area (TPSA) is 201 Å². The third-order valence-electron chi connectivity index (χ3n) is 8.44. The van der Waals surface area contributed by atoms with Crippen molar-refractivity contribution in [1.82, 2.24) is 20.9 Å². The Labute approximate surface area is 266 Å². The monoisotopic (exact) mass is 658 g/mol. The molecule has 46 heavy (non-hydrogen) atoms. The molecule has 2 heterocycles. The zero-order valence-corrected chi connectivity index (χ0v) is 26.6. The fraction of sp³-hybridized carbons (Fsp3) is 0.452. The number of methoxy groups -OCH3 is 2. The van der Waals surface area contributed by atoms with Crippen molar-refractivity contribution in [2.45, 2.75) is 49.3 Å². The van der Waals surface area contributed by atoms with E-state index in [1.807, 2.05) is 0 Å². The first kappa shape index (κ1) is 34.8. The minimum absolute atomic E-state index is 0.000852. The Bertz CT molecular complexity index is 1490. The van der Waals surface area contributed by atoms with Crippen LogP contribution >= 0.6 is 7.60 Å². The molecule has 2 fully saturated rings. The minimum Gasteiger partial charge on any atom is -0.469 e. The third-order valence-corrected chi connectivity index (χ3v) is 10.1. The molecule has 248 valence electrons. The Balaban J connectivity index is 1.68. The molecule has 0 spiro atoms. The summed E-state index contributed by atoms with van der Waals surface area (Å²) in [5.41, 5.74) is 1.14. The lowest BCUT2D eigenvalue weighted by Gasteiger charge is -2.44. The van der Waals surface area contributed by atoms with E-state index in [1.165, 1.54) is 55.5 Å². The largest absolute Gasteiger partial charge is 0.469 e. The van der Waals surface area contributed by atoms with Crippen LogP contribution in [0.2, 0.25) is 0 Å². The van der Waals surface area contributed by atoms with Gasteiger partial charge in [-0.3, -0.25) is 28.5 Å². The molecule has 0 saturated carbocycles. The highest BCUT2D eigenvalue weighted by atomic mass is 31.2. The summed E-state index contributed by atoms with van der Waals surface area (Å²) in [7, 11) is -2.67. The van der Waals surface area contributed by atoms with Crippen molar-refractivity contribution >= 4 is 37.3 Å². The van der Waals surface area contributed by atoms with Gasteiger partial charge in [0.15, 0.2) is 5.28 Å². The third kappa shape index (κ3) is 7.31. The SMILES string of the molecule is COC(=O)CCNC(=O)c1ccc([C@@H]2CCN(C(=O)[C@@H]3CCCN3)[C@@]2(c2ccc(C(=O)NCCC(=O)OC)cc2)P(=O)(O)O)cc1. The van der Waals surface area contributed by atoms with E-state index < -0.39 is 54.5 Å². The molecule has 2 aliphatic rings. The van der Waals surface area contributed by atoms with Gasteiger partial charge in [0.1, 0.15) is 0 Å². The van der Waals surface area contributed by atoms with Crippen LogP contribution in [0.25, 0.3) is 0 Å². The standard InChI is InChI=1S/C31H39N4O10P/c1-44-26(36)13-17-33-28(38)21-7-5-20(6-8-21)24-15-19-35(30(40)25-4-3-16-32-25)31(24,46(41,42)43)23-11-9-22(10-12-23)29(39)34-18-14-27(37)45-2/h5-12,24-25,32H,3-4,13-19H2,1-2H3,(H,33,38)(H,34,39)(H2,41,42,43)/t24-,25-,31-/m0/s1. The quantitative estimate of drug-likeness (QED) is 0.163. The fourth-order valence-corrected chi connectivity index (χ4v) is 7.84. The van der Waals surface area contributed by atoms with Crippen LogP contribution < -0.4 is 16.0 Å². The molecule has 0 aromatic heterocycles. The van der Waals surface area contributed by atoms with Crippen molar-refractivity contribution in [3.63, 3.8) is 0 Å². The molecule has 2 aromatic carbocycles. The van der Waals surface area contributed by atoms with Crippen LogP contribution in [0.5, 0.6) is 0 Å². The Kier molecular flexibility index (Phi) is 11.3. The van der Waals surface area contributed by atoms with Gasteiger partial charge in [0, 0.05) is 36.7 Å². The van der Waals surface area contributed by atoms with Crippen molar-refractivity contribution in [3.8, 4) is 0 Å².